The average Bonchev–Trinajstić information content (AvgIpc) is 2.76. The zero-order valence-corrected chi connectivity index (χ0v) is 16.8. The fourth-order valence-corrected chi connectivity index (χ4v) is 0.640. The third kappa shape index (κ3) is 31.6. The number of nitrogens with zero attached hydrogens (tertiary/aromatic N) is 2. The van der Waals surface area contributed by atoms with E-state index in [0.29, 0.717) is 0 Å². The van der Waals surface area contributed by atoms with Crippen molar-refractivity contribution in [2.24, 2.45) is 0 Å². The Morgan fingerprint density at radius 1 is 1.32 bits per heavy atom. The largest absolute Gasteiger partial charge is 0.509 e. The predicted octanol–water partition coefficient (Wildman–Crippen LogP) is 1.58. The summed E-state index contributed by atoms with van der Waals surface area (Å²) in [6, 6.07) is 0. The Hall–Kier alpha value is -0.681. The van der Waals surface area contributed by atoms with E-state index < -0.39 is 0 Å². The van der Waals surface area contributed by atoms with E-state index in [1.165, 1.54) is 19.4 Å². The summed E-state index contributed by atoms with van der Waals surface area (Å²) in [6.45, 7) is 7.96. The molecule has 0 bridgehead atoms. The molecular formula is C14H30BN4O2Y-2. The van der Waals surface area contributed by atoms with Gasteiger partial charge in [-0.25, -0.2) is 0 Å². The zero-order valence-electron chi connectivity index (χ0n) is 13.9. The van der Waals surface area contributed by atoms with Crippen LogP contribution in [0, 0.1) is 21.4 Å². The van der Waals surface area contributed by atoms with Crippen molar-refractivity contribution >= 4 is 20.2 Å². The number of hydrogen-bond acceptors (Lipinski definition) is 3. The normalized spacial score (nSPS) is 6.64. The Balaban J connectivity index is -0.0000000417. The molecule has 1 rings (SSSR count). The first-order valence-corrected chi connectivity index (χ1v) is 5.58. The van der Waals surface area contributed by atoms with Gasteiger partial charge in [0.1, 0.15) is 0 Å². The van der Waals surface area contributed by atoms with E-state index in [1.54, 1.807) is 7.05 Å². The van der Waals surface area contributed by atoms with Gasteiger partial charge < -0.3 is 18.1 Å². The fraction of sp³-hybridized carbons (Fsp3) is 0.500. The van der Waals surface area contributed by atoms with E-state index in [-0.39, 0.29) is 67.8 Å². The van der Waals surface area contributed by atoms with Crippen LogP contribution in [0.25, 0.3) is 0 Å². The number of rotatable bonds is 1. The van der Waals surface area contributed by atoms with Crippen molar-refractivity contribution in [2.45, 2.75) is 41.7 Å². The first kappa shape index (κ1) is 37.5. The second kappa shape index (κ2) is 25.3. The van der Waals surface area contributed by atoms with Gasteiger partial charge in [-0.1, -0.05) is 7.43 Å². The van der Waals surface area contributed by atoms with Crippen molar-refractivity contribution in [2.75, 3.05) is 7.05 Å². The molecule has 0 aliphatic heterocycles. The predicted molar refractivity (Wildman–Crippen MR) is 90.5 cm³/mol. The summed E-state index contributed by atoms with van der Waals surface area (Å²) >= 11 is 0. The van der Waals surface area contributed by atoms with E-state index in [1.807, 2.05) is 24.0 Å². The summed E-state index contributed by atoms with van der Waals surface area (Å²) in [5.74, 6) is -0.102. The summed E-state index contributed by atoms with van der Waals surface area (Å²) < 4.78 is 1.91. The number of amides is 2. The average molecular weight is 386 g/mol. The maximum Gasteiger partial charge on any atom is 0.216 e. The van der Waals surface area contributed by atoms with Crippen molar-refractivity contribution in [1.82, 2.24) is 20.4 Å². The number of hydrogen-bond donors (Lipinski definition) is 2. The summed E-state index contributed by atoms with van der Waals surface area (Å²) in [4.78, 5) is 19.3. The molecule has 126 valence electrons. The topological polar surface area (TPSA) is 76.0 Å². The third-order valence-electron chi connectivity index (χ3n) is 1.69. The molecule has 6 nitrogen and oxygen atoms in total. The van der Waals surface area contributed by atoms with Crippen LogP contribution in [-0.4, -0.2) is 37.1 Å². The second-order valence-electron chi connectivity index (χ2n) is 3.41. The molecule has 1 heterocycles. The van der Waals surface area contributed by atoms with Gasteiger partial charge in [-0.2, -0.15) is 5.10 Å². The number of carbonyl (C=O) groups is 2. The van der Waals surface area contributed by atoms with Crippen LogP contribution in [0.4, 0.5) is 0 Å². The van der Waals surface area contributed by atoms with Crippen LogP contribution < -0.4 is 10.6 Å². The van der Waals surface area contributed by atoms with E-state index >= 15 is 0 Å². The van der Waals surface area contributed by atoms with Gasteiger partial charge in [0.15, 0.2) is 5.91 Å². The van der Waals surface area contributed by atoms with Crippen LogP contribution in [-0.2, 0) is 48.8 Å². The molecule has 1 aromatic heterocycles. The minimum atomic E-state index is -0.106. The third-order valence-corrected chi connectivity index (χ3v) is 1.69. The Bertz CT molecular complexity index is 346. The fourth-order valence-electron chi connectivity index (χ4n) is 0.640. The van der Waals surface area contributed by atoms with Crippen molar-refractivity contribution < 1.29 is 42.3 Å². The van der Waals surface area contributed by atoms with Crippen molar-refractivity contribution in [3.63, 3.8) is 0 Å². The quantitative estimate of drug-likeness (QED) is 0.569. The molecule has 0 spiro atoms. The van der Waals surface area contributed by atoms with Gasteiger partial charge in [-0.05, 0) is 19.4 Å². The first-order valence-electron chi connectivity index (χ1n) is 5.58. The maximum atomic E-state index is 9.70. The van der Waals surface area contributed by atoms with Crippen LogP contribution in [0.5, 0.6) is 0 Å². The smallest absolute Gasteiger partial charge is 0.216 e. The molecule has 2 N–H and O–H groups in total. The van der Waals surface area contributed by atoms with Gasteiger partial charge in [0, 0.05) is 74.8 Å². The van der Waals surface area contributed by atoms with Crippen LogP contribution in [0.15, 0.2) is 12.4 Å². The molecule has 0 unspecified atom stereocenters. The Kier molecular flexibility index (Phi) is 43.1. The Labute approximate surface area is 163 Å². The molecule has 2 amide bonds. The van der Waals surface area contributed by atoms with Gasteiger partial charge >= 0.3 is 0 Å². The first-order chi connectivity index (χ1) is 8.37. The summed E-state index contributed by atoms with van der Waals surface area (Å²) in [7, 11) is 4.69. The Morgan fingerprint density at radius 2 is 1.68 bits per heavy atom. The van der Waals surface area contributed by atoms with Crippen LogP contribution in [0.1, 0.15) is 33.8 Å². The molecule has 8 heteroatoms. The van der Waals surface area contributed by atoms with Crippen molar-refractivity contribution in [3.8, 4) is 0 Å². The molecule has 0 aliphatic carbocycles. The monoisotopic (exact) mass is 386 g/mol. The molecule has 1 aromatic rings. The minimum absolute atomic E-state index is 0. The summed E-state index contributed by atoms with van der Waals surface area (Å²) in [5, 5.41) is 8.58. The number of nitrogens with one attached hydrogen (secondary N) is 2. The number of carbonyl (C=O) groups excluding carboxylic acids is 2. The zero-order chi connectivity index (χ0) is 14.6. The van der Waals surface area contributed by atoms with E-state index in [4.69, 9.17) is 0 Å². The van der Waals surface area contributed by atoms with Gasteiger partial charge in [-0.3, -0.25) is 21.3 Å². The molecule has 0 fully saturated rings. The minimum Gasteiger partial charge on any atom is -0.509 e. The van der Waals surface area contributed by atoms with Gasteiger partial charge in [0.2, 0.25) is 5.91 Å². The second-order valence-corrected chi connectivity index (χ2v) is 3.41. The molecule has 0 atom stereocenters. The SMILES string of the molecule is C.CCn1cc(C)cn1.CNC(C)=O.[B].[CH2-]NC(C)=O.[CH3-].[Y]. The molecule has 4 radical (unpaired) electrons. The van der Waals surface area contributed by atoms with E-state index in [9.17, 15) is 9.59 Å². The van der Waals surface area contributed by atoms with Crippen molar-refractivity contribution in [1.29, 1.82) is 0 Å². The molecule has 0 saturated heterocycles. The molecule has 0 aromatic carbocycles. The van der Waals surface area contributed by atoms with Gasteiger partial charge in [0.25, 0.3) is 0 Å². The molecule has 22 heavy (non-hydrogen) atoms. The number of aryl methyl sites for hydroxylation is 2. The van der Waals surface area contributed by atoms with Gasteiger partial charge in [-0.15, -0.1) is 0 Å². The maximum absolute atomic E-state index is 9.70. The van der Waals surface area contributed by atoms with Gasteiger partial charge in [0.05, 0.1) is 6.20 Å². The van der Waals surface area contributed by atoms with E-state index in [0.717, 1.165) is 6.54 Å². The van der Waals surface area contributed by atoms with Crippen LogP contribution >= 0.6 is 0 Å². The van der Waals surface area contributed by atoms with Crippen LogP contribution in [0.3, 0.4) is 0 Å². The summed E-state index contributed by atoms with van der Waals surface area (Å²) in [6.07, 6.45) is 3.89. The van der Waals surface area contributed by atoms with E-state index in [2.05, 4.69) is 29.7 Å². The molecule has 0 saturated carbocycles. The standard InChI is InChI=1S/C6H10N2.C3H7NO.C3H6NO.CH4.CH3.B.Y/c1-3-8-5-6(2)4-7-8;2*1-3(5)4-2;;;;/h4-5H,3H2,1-2H3;1-2H3,(H,4,5);2H2,1H3,(H,4,5);1H4;1H3;;/q;;-1;;-1;;. The molecular weight excluding hydrogens is 356 g/mol. The van der Waals surface area contributed by atoms with Crippen molar-refractivity contribution in [3.05, 3.63) is 32.4 Å². The van der Waals surface area contributed by atoms with Crippen LogP contribution in [0.2, 0.25) is 0 Å². The molecule has 0 aliphatic rings. The number of aromatic nitrogens is 2. The Morgan fingerprint density at radius 3 is 1.77 bits per heavy atom. The summed E-state index contributed by atoms with van der Waals surface area (Å²) in [5.41, 5.74) is 1.23.